The fraction of sp³-hybridized carbons (Fsp3) is 0.423. The number of benzene rings is 2. The second-order valence-corrected chi connectivity index (χ2v) is 9.19. The van der Waals surface area contributed by atoms with Gasteiger partial charge in [0.1, 0.15) is 0 Å². The highest BCUT2D eigenvalue weighted by molar-refractivity contribution is 6.02. The van der Waals surface area contributed by atoms with Gasteiger partial charge < -0.3 is 20.6 Å². The second kappa shape index (κ2) is 10.7. The maximum Gasteiger partial charge on any atom is 0.337 e. The number of carboxylic acids is 1. The maximum atomic E-state index is 12.5. The van der Waals surface area contributed by atoms with E-state index in [1.54, 1.807) is 12.1 Å². The van der Waals surface area contributed by atoms with Crippen LogP contribution in [0.5, 0.6) is 0 Å². The first-order valence-electron chi connectivity index (χ1n) is 11.9. The van der Waals surface area contributed by atoms with Gasteiger partial charge in [0, 0.05) is 43.5 Å². The lowest BCUT2D eigenvalue weighted by Crippen LogP contribution is -2.48. The average molecular weight is 465 g/mol. The van der Waals surface area contributed by atoms with Crippen LogP contribution in [0.15, 0.2) is 42.5 Å². The first-order chi connectivity index (χ1) is 16.4. The minimum absolute atomic E-state index is 0.0301. The van der Waals surface area contributed by atoms with Gasteiger partial charge in [0.2, 0.25) is 11.8 Å². The lowest BCUT2D eigenvalue weighted by molar-refractivity contribution is -0.119. The molecule has 2 aliphatic rings. The van der Waals surface area contributed by atoms with Gasteiger partial charge >= 0.3 is 5.97 Å². The Morgan fingerprint density at radius 1 is 0.971 bits per heavy atom. The van der Waals surface area contributed by atoms with Crippen LogP contribution in [0.4, 0.5) is 17.1 Å². The third kappa shape index (κ3) is 5.94. The Labute approximate surface area is 199 Å². The van der Waals surface area contributed by atoms with Crippen molar-refractivity contribution in [1.82, 2.24) is 4.90 Å². The van der Waals surface area contributed by atoms with E-state index in [1.165, 1.54) is 0 Å². The minimum Gasteiger partial charge on any atom is -0.478 e. The molecule has 0 aromatic heterocycles. The minimum atomic E-state index is -1.06. The Bertz CT molecular complexity index is 1060. The number of amides is 2. The third-order valence-corrected chi connectivity index (χ3v) is 6.62. The molecule has 0 unspecified atom stereocenters. The van der Waals surface area contributed by atoms with Crippen molar-refractivity contribution in [3.05, 3.63) is 53.6 Å². The lowest BCUT2D eigenvalue weighted by Gasteiger charge is -2.36. The Hall–Kier alpha value is -3.39. The van der Waals surface area contributed by atoms with E-state index in [1.807, 2.05) is 37.3 Å². The normalized spacial score (nSPS) is 16.9. The highest BCUT2D eigenvalue weighted by atomic mass is 16.4. The predicted molar refractivity (Wildman–Crippen MR) is 132 cm³/mol. The van der Waals surface area contributed by atoms with Crippen molar-refractivity contribution in [2.75, 3.05) is 48.3 Å². The van der Waals surface area contributed by atoms with Crippen molar-refractivity contribution >= 4 is 34.8 Å². The lowest BCUT2D eigenvalue weighted by atomic mass is 10.1. The molecule has 2 amide bonds. The molecule has 2 aromatic carbocycles. The van der Waals surface area contributed by atoms with Gasteiger partial charge in [-0.25, -0.2) is 4.79 Å². The average Bonchev–Trinajstić information content (AvgIpc) is 3.35. The van der Waals surface area contributed by atoms with Gasteiger partial charge in [0.05, 0.1) is 17.8 Å². The Kier molecular flexibility index (Phi) is 7.47. The Morgan fingerprint density at radius 2 is 1.71 bits per heavy atom. The van der Waals surface area contributed by atoms with Crippen LogP contribution in [0.2, 0.25) is 0 Å². The quantitative estimate of drug-likeness (QED) is 0.579. The molecule has 1 saturated carbocycles. The van der Waals surface area contributed by atoms with Crippen LogP contribution in [-0.2, 0) is 9.59 Å². The Balaban J connectivity index is 1.33. The summed E-state index contributed by atoms with van der Waals surface area (Å²) in [5, 5.41) is 15.5. The molecule has 1 aliphatic carbocycles. The van der Waals surface area contributed by atoms with Gasteiger partial charge in [-0.1, -0.05) is 25.0 Å². The number of aromatic carboxylic acids is 1. The van der Waals surface area contributed by atoms with Crippen LogP contribution >= 0.6 is 0 Å². The molecule has 0 bridgehead atoms. The molecule has 8 nitrogen and oxygen atoms in total. The molecule has 2 fully saturated rings. The topological polar surface area (TPSA) is 102 Å². The monoisotopic (exact) mass is 464 g/mol. The van der Waals surface area contributed by atoms with Crippen LogP contribution in [0.1, 0.15) is 41.6 Å². The van der Waals surface area contributed by atoms with E-state index in [0.717, 1.165) is 42.6 Å². The molecular formula is C26H32N4O4. The SMILES string of the molecule is Cc1cccc(NC(=O)CN2CCN(c3ccc(NC(=O)C4CCCC4)c(C(=O)O)c3)CC2)c1. The number of rotatable bonds is 7. The fourth-order valence-corrected chi connectivity index (χ4v) is 4.73. The van der Waals surface area contributed by atoms with E-state index in [-0.39, 0.29) is 23.3 Å². The number of piperazine rings is 1. The van der Waals surface area contributed by atoms with Crippen LogP contribution in [0, 0.1) is 12.8 Å². The van der Waals surface area contributed by atoms with Crippen molar-refractivity contribution in [3.8, 4) is 0 Å². The largest absolute Gasteiger partial charge is 0.478 e. The molecule has 0 radical (unpaired) electrons. The molecule has 1 aliphatic heterocycles. The molecule has 3 N–H and O–H groups in total. The zero-order valence-corrected chi connectivity index (χ0v) is 19.5. The van der Waals surface area contributed by atoms with Crippen molar-refractivity contribution < 1.29 is 19.5 Å². The molecule has 34 heavy (non-hydrogen) atoms. The fourth-order valence-electron chi connectivity index (χ4n) is 4.73. The third-order valence-electron chi connectivity index (χ3n) is 6.62. The van der Waals surface area contributed by atoms with Crippen molar-refractivity contribution in [3.63, 3.8) is 0 Å². The van der Waals surface area contributed by atoms with Crippen LogP contribution < -0.4 is 15.5 Å². The van der Waals surface area contributed by atoms with E-state index < -0.39 is 5.97 Å². The zero-order chi connectivity index (χ0) is 24.1. The Morgan fingerprint density at radius 3 is 2.38 bits per heavy atom. The molecule has 0 atom stereocenters. The van der Waals surface area contributed by atoms with Crippen molar-refractivity contribution in [2.24, 2.45) is 5.92 Å². The molecule has 2 aromatic rings. The van der Waals surface area contributed by atoms with E-state index in [2.05, 4.69) is 20.4 Å². The summed E-state index contributed by atoms with van der Waals surface area (Å²) in [6.07, 6.45) is 3.81. The summed E-state index contributed by atoms with van der Waals surface area (Å²) in [6, 6.07) is 12.9. The molecule has 0 spiro atoms. The number of carbonyl (C=O) groups excluding carboxylic acids is 2. The molecule has 180 valence electrons. The van der Waals surface area contributed by atoms with E-state index >= 15 is 0 Å². The van der Waals surface area contributed by atoms with Crippen LogP contribution in [0.3, 0.4) is 0 Å². The number of nitrogens with zero attached hydrogens (tertiary/aromatic N) is 2. The second-order valence-electron chi connectivity index (χ2n) is 9.19. The standard InChI is InChI=1S/C26H32N4O4/c1-18-5-4-8-20(15-18)27-24(31)17-29-11-13-30(14-12-29)21-9-10-23(22(16-21)26(33)34)28-25(32)19-6-2-3-7-19/h4-5,8-10,15-16,19H,2-3,6-7,11-14,17H2,1H3,(H,27,31)(H,28,32)(H,33,34). The van der Waals surface area contributed by atoms with Crippen LogP contribution in [0.25, 0.3) is 0 Å². The summed E-state index contributed by atoms with van der Waals surface area (Å²) >= 11 is 0. The summed E-state index contributed by atoms with van der Waals surface area (Å²) in [4.78, 5) is 41.0. The molecule has 8 heteroatoms. The summed E-state index contributed by atoms with van der Waals surface area (Å²) in [5.41, 5.74) is 3.14. The van der Waals surface area contributed by atoms with Gasteiger partial charge in [-0.15, -0.1) is 0 Å². The number of hydrogen-bond acceptors (Lipinski definition) is 5. The smallest absolute Gasteiger partial charge is 0.337 e. The number of anilines is 3. The van der Waals surface area contributed by atoms with Crippen LogP contribution in [-0.4, -0.2) is 60.5 Å². The number of carbonyl (C=O) groups is 3. The predicted octanol–water partition coefficient (Wildman–Crippen LogP) is 3.58. The number of carboxylic acid groups (broad SMARTS) is 1. The van der Waals surface area contributed by atoms with E-state index in [4.69, 9.17) is 0 Å². The molecular weight excluding hydrogens is 432 g/mol. The van der Waals surface area contributed by atoms with Gasteiger partial charge in [-0.2, -0.15) is 0 Å². The van der Waals surface area contributed by atoms with Gasteiger partial charge in [-0.05, 0) is 55.7 Å². The van der Waals surface area contributed by atoms with Crippen molar-refractivity contribution in [1.29, 1.82) is 0 Å². The summed E-state index contributed by atoms with van der Waals surface area (Å²) in [5.74, 6) is -1.23. The van der Waals surface area contributed by atoms with Gasteiger partial charge in [-0.3, -0.25) is 14.5 Å². The number of nitrogens with one attached hydrogen (secondary N) is 2. The first-order valence-corrected chi connectivity index (χ1v) is 11.9. The molecule has 4 rings (SSSR count). The molecule has 1 saturated heterocycles. The van der Waals surface area contributed by atoms with Crippen molar-refractivity contribution in [2.45, 2.75) is 32.6 Å². The first kappa shape index (κ1) is 23.8. The highest BCUT2D eigenvalue weighted by Crippen LogP contribution is 2.29. The highest BCUT2D eigenvalue weighted by Gasteiger charge is 2.25. The summed E-state index contributed by atoms with van der Waals surface area (Å²) in [7, 11) is 0. The zero-order valence-electron chi connectivity index (χ0n) is 19.5. The number of aryl methyl sites for hydroxylation is 1. The molecule has 1 heterocycles. The maximum absolute atomic E-state index is 12.5. The van der Waals surface area contributed by atoms with Gasteiger partial charge in [0.15, 0.2) is 0 Å². The van der Waals surface area contributed by atoms with E-state index in [0.29, 0.717) is 38.4 Å². The van der Waals surface area contributed by atoms with E-state index in [9.17, 15) is 19.5 Å². The summed E-state index contributed by atoms with van der Waals surface area (Å²) in [6.45, 7) is 5.07. The summed E-state index contributed by atoms with van der Waals surface area (Å²) < 4.78 is 0. The van der Waals surface area contributed by atoms with Gasteiger partial charge in [0.25, 0.3) is 0 Å². The number of hydrogen-bond donors (Lipinski definition) is 3.